The van der Waals surface area contributed by atoms with Gasteiger partial charge in [0, 0.05) is 12.0 Å². The number of nitrogens with one attached hydrogen (secondary N) is 1. The molecule has 0 saturated heterocycles. The Morgan fingerprint density at radius 3 is 2.88 bits per heavy atom. The van der Waals surface area contributed by atoms with Gasteiger partial charge in [0.1, 0.15) is 5.69 Å². The van der Waals surface area contributed by atoms with Crippen molar-refractivity contribution in [2.75, 3.05) is 0 Å². The number of nitrogens with zero attached hydrogens (tertiary/aromatic N) is 2. The fourth-order valence-electron chi connectivity index (χ4n) is 2.26. The van der Waals surface area contributed by atoms with Crippen molar-refractivity contribution in [2.45, 2.75) is 25.2 Å². The second-order valence-electron chi connectivity index (χ2n) is 4.24. The van der Waals surface area contributed by atoms with Gasteiger partial charge in [0.05, 0.1) is 0 Å². The first-order chi connectivity index (χ1) is 8.18. The molecule has 5 heteroatoms. The highest BCUT2D eigenvalue weighted by atomic mass is 19.3. The molecular weight excluding hydrogens is 224 g/mol. The molecule has 0 radical (unpaired) electrons. The van der Waals surface area contributed by atoms with E-state index >= 15 is 0 Å². The molecular formula is C12H11F2N3. The van der Waals surface area contributed by atoms with Gasteiger partial charge >= 0.3 is 0 Å². The summed E-state index contributed by atoms with van der Waals surface area (Å²) in [6.07, 6.45) is 0.926. The Labute approximate surface area is 96.9 Å². The maximum Gasteiger partial charge on any atom is 0.293 e. The van der Waals surface area contributed by atoms with Crippen LogP contribution in [0.2, 0.25) is 0 Å². The van der Waals surface area contributed by atoms with E-state index in [-0.39, 0.29) is 17.8 Å². The van der Waals surface area contributed by atoms with Crippen LogP contribution in [0.3, 0.4) is 0 Å². The molecule has 0 bridgehead atoms. The van der Waals surface area contributed by atoms with E-state index in [0.717, 1.165) is 11.1 Å². The highest BCUT2D eigenvalue weighted by Crippen LogP contribution is 2.40. The molecule has 0 saturated carbocycles. The van der Waals surface area contributed by atoms with Crippen molar-refractivity contribution in [3.8, 4) is 11.3 Å². The van der Waals surface area contributed by atoms with Crippen molar-refractivity contribution in [3.05, 3.63) is 35.5 Å². The van der Waals surface area contributed by atoms with Crippen LogP contribution < -0.4 is 0 Å². The first-order valence-corrected chi connectivity index (χ1v) is 5.56. The molecule has 2 aromatic rings. The summed E-state index contributed by atoms with van der Waals surface area (Å²) in [4.78, 5) is 0. The molecule has 1 N–H and O–H groups in total. The third-order valence-electron chi connectivity index (χ3n) is 3.10. The van der Waals surface area contributed by atoms with Crippen LogP contribution in [0.1, 0.15) is 24.1 Å². The molecule has 0 amide bonds. The summed E-state index contributed by atoms with van der Waals surface area (Å²) in [6, 6.07) is 7.52. The molecule has 1 heterocycles. The van der Waals surface area contributed by atoms with E-state index in [1.54, 1.807) is 0 Å². The van der Waals surface area contributed by atoms with E-state index in [1.807, 2.05) is 24.3 Å². The van der Waals surface area contributed by atoms with Crippen LogP contribution in [0.15, 0.2) is 24.3 Å². The number of hydrogen-bond donors (Lipinski definition) is 1. The Hall–Kier alpha value is -1.78. The zero-order valence-electron chi connectivity index (χ0n) is 9.08. The van der Waals surface area contributed by atoms with Crippen molar-refractivity contribution in [3.63, 3.8) is 0 Å². The number of fused-ring (bicyclic) bond motifs is 3. The third kappa shape index (κ3) is 1.62. The number of aromatic amines is 1. The Morgan fingerprint density at radius 2 is 2.00 bits per heavy atom. The molecule has 88 valence electrons. The van der Waals surface area contributed by atoms with Crippen molar-refractivity contribution in [1.29, 1.82) is 0 Å². The molecule has 0 unspecified atom stereocenters. The van der Waals surface area contributed by atoms with Crippen molar-refractivity contribution >= 4 is 0 Å². The van der Waals surface area contributed by atoms with E-state index in [9.17, 15) is 8.78 Å². The average Bonchev–Trinajstić information content (AvgIpc) is 2.77. The molecule has 1 aromatic heterocycles. The standard InChI is InChI=1S/C12H11F2N3/c13-12(14)7-3-5-8-4-1-2-6-9(8)10-11(12)16-17-15-10/h1-2,4,6H,3,5,7H2,(H,15,16,17). The normalized spacial score (nSPS) is 17.8. The summed E-state index contributed by atoms with van der Waals surface area (Å²) in [6.45, 7) is 0. The van der Waals surface area contributed by atoms with Crippen LogP contribution >= 0.6 is 0 Å². The lowest BCUT2D eigenvalue weighted by molar-refractivity contribution is -0.0193. The van der Waals surface area contributed by atoms with Crippen LogP contribution in [0.25, 0.3) is 11.3 Å². The number of halogens is 2. The summed E-state index contributed by atoms with van der Waals surface area (Å²) >= 11 is 0. The van der Waals surface area contributed by atoms with E-state index in [4.69, 9.17) is 0 Å². The average molecular weight is 235 g/mol. The smallest absolute Gasteiger partial charge is 0.199 e. The number of rotatable bonds is 0. The summed E-state index contributed by atoms with van der Waals surface area (Å²) in [5.74, 6) is -2.89. The van der Waals surface area contributed by atoms with Crippen LogP contribution in [0.5, 0.6) is 0 Å². The molecule has 1 aliphatic rings. The molecule has 17 heavy (non-hydrogen) atoms. The zero-order valence-corrected chi connectivity index (χ0v) is 9.08. The summed E-state index contributed by atoms with van der Waals surface area (Å²) in [5.41, 5.74) is 1.86. The SMILES string of the molecule is FC1(F)CCCc2ccccc2-c2n[nH]nc21. The fraction of sp³-hybridized carbons (Fsp3) is 0.333. The van der Waals surface area contributed by atoms with Gasteiger partial charge < -0.3 is 0 Å². The van der Waals surface area contributed by atoms with Gasteiger partial charge in [-0.2, -0.15) is 24.2 Å². The Balaban J connectivity index is 2.25. The minimum absolute atomic E-state index is 0.180. The largest absolute Gasteiger partial charge is 0.293 e. The number of benzene rings is 1. The number of H-pyrrole nitrogens is 1. The van der Waals surface area contributed by atoms with Gasteiger partial charge in [-0.1, -0.05) is 24.3 Å². The predicted octanol–water partition coefficient (Wildman–Crippen LogP) is 2.90. The number of aromatic nitrogens is 3. The molecule has 3 rings (SSSR count). The first-order valence-electron chi connectivity index (χ1n) is 5.56. The predicted molar refractivity (Wildman–Crippen MR) is 58.7 cm³/mol. The zero-order chi connectivity index (χ0) is 11.9. The molecule has 1 aromatic carbocycles. The van der Waals surface area contributed by atoms with Gasteiger partial charge in [0.15, 0.2) is 5.69 Å². The fourth-order valence-corrected chi connectivity index (χ4v) is 2.26. The lowest BCUT2D eigenvalue weighted by Crippen LogP contribution is -2.17. The molecule has 3 nitrogen and oxygen atoms in total. The van der Waals surface area contributed by atoms with E-state index in [2.05, 4.69) is 15.4 Å². The quantitative estimate of drug-likeness (QED) is 0.762. The Morgan fingerprint density at radius 1 is 1.18 bits per heavy atom. The number of alkyl halides is 2. The monoisotopic (exact) mass is 235 g/mol. The van der Waals surface area contributed by atoms with Crippen LogP contribution in [0.4, 0.5) is 8.78 Å². The van der Waals surface area contributed by atoms with E-state index in [0.29, 0.717) is 12.8 Å². The Kier molecular flexibility index (Phi) is 2.21. The van der Waals surface area contributed by atoms with E-state index < -0.39 is 5.92 Å². The van der Waals surface area contributed by atoms with Gasteiger partial charge in [-0.05, 0) is 18.4 Å². The second-order valence-corrected chi connectivity index (χ2v) is 4.24. The second kappa shape index (κ2) is 3.61. The maximum atomic E-state index is 13.8. The highest BCUT2D eigenvalue weighted by molar-refractivity contribution is 5.66. The summed E-state index contributed by atoms with van der Waals surface area (Å²) < 4.78 is 27.7. The lowest BCUT2D eigenvalue weighted by Gasteiger charge is -2.19. The first kappa shape index (κ1) is 10.4. The molecule has 0 atom stereocenters. The summed E-state index contributed by atoms with van der Waals surface area (Å²) in [5, 5.41) is 9.82. The minimum atomic E-state index is -2.89. The summed E-state index contributed by atoms with van der Waals surface area (Å²) in [7, 11) is 0. The lowest BCUT2D eigenvalue weighted by atomic mass is 9.92. The minimum Gasteiger partial charge on any atom is -0.199 e. The van der Waals surface area contributed by atoms with E-state index in [1.165, 1.54) is 0 Å². The topological polar surface area (TPSA) is 41.6 Å². The number of hydrogen-bond acceptors (Lipinski definition) is 2. The molecule has 0 aliphatic heterocycles. The van der Waals surface area contributed by atoms with Crippen LogP contribution in [-0.4, -0.2) is 15.4 Å². The van der Waals surface area contributed by atoms with Gasteiger partial charge in [-0.15, -0.1) is 0 Å². The van der Waals surface area contributed by atoms with Crippen molar-refractivity contribution in [1.82, 2.24) is 15.4 Å². The van der Waals surface area contributed by atoms with Crippen LogP contribution in [-0.2, 0) is 12.3 Å². The van der Waals surface area contributed by atoms with Gasteiger partial charge in [-0.3, -0.25) is 0 Å². The molecule has 0 spiro atoms. The van der Waals surface area contributed by atoms with Crippen LogP contribution in [0, 0.1) is 0 Å². The molecule has 0 fully saturated rings. The van der Waals surface area contributed by atoms with Crippen molar-refractivity contribution < 1.29 is 8.78 Å². The van der Waals surface area contributed by atoms with Gasteiger partial charge in [0.2, 0.25) is 0 Å². The Bertz CT molecular complexity index is 548. The number of aryl methyl sites for hydroxylation is 1. The molecule has 1 aliphatic carbocycles. The van der Waals surface area contributed by atoms with Crippen molar-refractivity contribution in [2.24, 2.45) is 0 Å². The third-order valence-corrected chi connectivity index (χ3v) is 3.10. The van der Waals surface area contributed by atoms with Gasteiger partial charge in [-0.25, -0.2) is 0 Å². The highest BCUT2D eigenvalue weighted by Gasteiger charge is 2.38. The maximum absolute atomic E-state index is 13.8. The van der Waals surface area contributed by atoms with Gasteiger partial charge in [0.25, 0.3) is 5.92 Å².